The van der Waals surface area contributed by atoms with E-state index in [-0.39, 0.29) is 39.2 Å². The molecular formula is C6H21NNaSi2+. The van der Waals surface area contributed by atoms with Crippen LogP contribution in [0.25, 0.3) is 0 Å². The Labute approximate surface area is 91.1 Å². The van der Waals surface area contributed by atoms with Crippen LogP contribution in [-0.4, -0.2) is 65.4 Å². The van der Waals surface area contributed by atoms with Crippen LogP contribution in [0.3, 0.4) is 0 Å². The Bertz CT molecular complexity index is 98.4. The van der Waals surface area contributed by atoms with Crippen molar-refractivity contribution in [2.24, 2.45) is 0 Å². The zero-order chi connectivity index (χ0) is 7.71. The van der Waals surface area contributed by atoms with Gasteiger partial charge in [-0.15, -0.1) is 0 Å². The molecule has 0 atom stereocenters. The number of hydrogen-bond donors (Lipinski definition) is 0. The summed E-state index contributed by atoms with van der Waals surface area (Å²) in [5.41, 5.74) is 0. The molecule has 0 aliphatic rings. The molecule has 0 saturated carbocycles. The summed E-state index contributed by atoms with van der Waals surface area (Å²) < 4.78 is 1.37. The first kappa shape index (κ1) is 13.9. The summed E-state index contributed by atoms with van der Waals surface area (Å²) in [6.45, 7) is 9.74. The van der Waals surface area contributed by atoms with Crippen molar-refractivity contribution in [2.45, 2.75) is 26.2 Å². The molecule has 4 heteroatoms. The van der Waals surface area contributed by atoms with Gasteiger partial charge in [0.15, 0.2) is 0 Å². The van der Waals surface area contributed by atoms with Gasteiger partial charge in [-0.25, -0.2) is 0 Å². The van der Waals surface area contributed by atoms with E-state index >= 15 is 0 Å². The molecule has 0 rings (SSSR count). The standard InChI is InChI=1S/C6H20NSi2.Na.H/c1-7(2,8-3)9(4,5)6;;/h8H2,1-6H3;;/q+1;;. The zero-order valence-electron chi connectivity index (χ0n) is 7.65. The number of hydrogen-bond acceptors (Lipinski definition) is 0. The van der Waals surface area contributed by atoms with Crippen LogP contribution in [0.15, 0.2) is 0 Å². The van der Waals surface area contributed by atoms with E-state index < -0.39 is 8.24 Å². The van der Waals surface area contributed by atoms with Crippen molar-refractivity contribution < 1.29 is 3.81 Å². The van der Waals surface area contributed by atoms with Gasteiger partial charge in [-0.3, -0.25) is 0 Å². The summed E-state index contributed by atoms with van der Waals surface area (Å²) in [5, 5.41) is 0. The molecule has 0 heterocycles. The third-order valence-electron chi connectivity index (χ3n) is 2.61. The van der Waals surface area contributed by atoms with Crippen LogP contribution < -0.4 is 0 Å². The molecule has 0 saturated heterocycles. The molecule has 0 aromatic rings. The molecule has 0 amide bonds. The molecule has 58 valence electrons. The third kappa shape index (κ3) is 3.69. The van der Waals surface area contributed by atoms with Gasteiger partial charge in [-0.05, 0) is 26.2 Å². The Morgan fingerprint density at radius 1 is 1.10 bits per heavy atom. The second-order valence-corrected chi connectivity index (χ2v) is 12.6. The van der Waals surface area contributed by atoms with Crippen LogP contribution in [0.5, 0.6) is 0 Å². The van der Waals surface area contributed by atoms with Crippen molar-refractivity contribution >= 4 is 47.5 Å². The van der Waals surface area contributed by atoms with Crippen molar-refractivity contribution in [3.63, 3.8) is 0 Å². The summed E-state index contributed by atoms with van der Waals surface area (Å²) in [4.78, 5) is 0. The first-order chi connectivity index (χ1) is 3.81. The van der Waals surface area contributed by atoms with Crippen LogP contribution in [0.2, 0.25) is 26.2 Å². The number of nitrogens with zero attached hydrogens (tertiary/aromatic N) is 1. The van der Waals surface area contributed by atoms with Gasteiger partial charge >= 0.3 is 29.6 Å². The first-order valence-electron chi connectivity index (χ1n) is 3.64. The monoisotopic (exact) mass is 186 g/mol. The molecule has 0 bridgehead atoms. The molecule has 0 aliphatic heterocycles. The van der Waals surface area contributed by atoms with E-state index in [4.69, 9.17) is 0 Å². The molecule has 10 heavy (non-hydrogen) atoms. The Balaban J connectivity index is 0. The van der Waals surface area contributed by atoms with Crippen LogP contribution in [0, 0.1) is 0 Å². The van der Waals surface area contributed by atoms with Gasteiger partial charge in [0.2, 0.25) is 9.68 Å². The summed E-state index contributed by atoms with van der Waals surface area (Å²) >= 11 is 0. The minimum atomic E-state index is -0.886. The van der Waals surface area contributed by atoms with Gasteiger partial charge in [0.05, 0.1) is 0 Å². The van der Waals surface area contributed by atoms with Crippen molar-refractivity contribution in [3.8, 4) is 0 Å². The summed E-state index contributed by atoms with van der Waals surface area (Å²) in [7, 11) is 4.03. The van der Waals surface area contributed by atoms with Crippen molar-refractivity contribution in [1.29, 1.82) is 0 Å². The Morgan fingerprint density at radius 3 is 1.40 bits per heavy atom. The fourth-order valence-electron chi connectivity index (χ4n) is 0.474. The van der Waals surface area contributed by atoms with E-state index in [1.165, 1.54) is 3.81 Å². The average molecular weight is 186 g/mol. The first-order valence-corrected chi connectivity index (χ1v) is 9.14. The van der Waals surface area contributed by atoms with E-state index in [2.05, 4.69) is 40.3 Å². The summed E-state index contributed by atoms with van der Waals surface area (Å²) in [5.74, 6) is 0. The van der Waals surface area contributed by atoms with E-state index in [0.717, 1.165) is 0 Å². The average Bonchev–Trinajstić information content (AvgIpc) is 1.64. The summed E-state index contributed by atoms with van der Waals surface area (Å²) in [6.07, 6.45) is 0. The molecule has 0 aromatic heterocycles. The van der Waals surface area contributed by atoms with E-state index in [1.54, 1.807) is 0 Å². The quantitative estimate of drug-likeness (QED) is 0.547. The zero-order valence-corrected chi connectivity index (χ0v) is 10.1. The molecule has 0 N–H and O–H groups in total. The fourth-order valence-corrected chi connectivity index (χ4v) is 4.27. The number of quaternary nitrogens is 1. The van der Waals surface area contributed by atoms with Gasteiger partial charge in [0.25, 0.3) is 8.24 Å². The third-order valence-corrected chi connectivity index (χ3v) is 11.6. The van der Waals surface area contributed by atoms with Crippen molar-refractivity contribution in [1.82, 2.24) is 0 Å². The van der Waals surface area contributed by atoms with Crippen molar-refractivity contribution in [3.05, 3.63) is 0 Å². The van der Waals surface area contributed by atoms with Crippen LogP contribution >= 0.6 is 0 Å². The Kier molecular flexibility index (Phi) is 6.18. The maximum atomic E-state index is 2.45. The second-order valence-electron chi connectivity index (χ2n) is 4.17. The van der Waals surface area contributed by atoms with Crippen LogP contribution in [0.1, 0.15) is 0 Å². The normalized spacial score (nSPS) is 13.8. The molecule has 0 fully saturated rings. The van der Waals surface area contributed by atoms with E-state index in [1.807, 2.05) is 0 Å². The van der Waals surface area contributed by atoms with Crippen LogP contribution in [-0.2, 0) is 0 Å². The molecular weight excluding hydrogens is 165 g/mol. The van der Waals surface area contributed by atoms with Gasteiger partial charge in [-0.1, -0.05) is 0 Å². The van der Waals surface area contributed by atoms with E-state index in [9.17, 15) is 0 Å². The number of rotatable bonds is 2. The van der Waals surface area contributed by atoms with E-state index in [0.29, 0.717) is 0 Å². The topological polar surface area (TPSA) is 0 Å². The van der Waals surface area contributed by atoms with Crippen molar-refractivity contribution in [2.75, 3.05) is 14.1 Å². The molecule has 0 aromatic carbocycles. The predicted octanol–water partition coefficient (Wildman–Crippen LogP) is 0.381. The molecule has 0 spiro atoms. The maximum absolute atomic E-state index is 2.45. The molecule has 1 nitrogen and oxygen atoms in total. The van der Waals surface area contributed by atoms with Crippen LogP contribution in [0.4, 0.5) is 0 Å². The SMILES string of the molecule is C[SiH2][N+](C)(C)[Si](C)(C)C.[NaH]. The second kappa shape index (κ2) is 4.43. The minimum absolute atomic E-state index is 0. The molecule has 0 radical (unpaired) electrons. The Morgan fingerprint density at radius 2 is 1.40 bits per heavy atom. The molecule has 0 aliphatic carbocycles. The fraction of sp³-hybridized carbons (Fsp3) is 1.00. The Hall–Kier alpha value is 1.39. The molecule has 0 unspecified atom stereocenters. The predicted molar refractivity (Wildman–Crippen MR) is 57.0 cm³/mol. The summed E-state index contributed by atoms with van der Waals surface area (Å²) in [6, 6.07) is 0. The van der Waals surface area contributed by atoms with Gasteiger partial charge in [-0.2, -0.15) is 0 Å². The van der Waals surface area contributed by atoms with Gasteiger partial charge < -0.3 is 3.81 Å². The van der Waals surface area contributed by atoms with Gasteiger partial charge in [0, 0.05) is 14.1 Å². The van der Waals surface area contributed by atoms with Gasteiger partial charge in [0.1, 0.15) is 0 Å².